The Morgan fingerprint density at radius 2 is 2.07 bits per heavy atom. The van der Waals surface area contributed by atoms with E-state index in [1.807, 2.05) is 11.8 Å². The van der Waals surface area contributed by atoms with E-state index in [2.05, 4.69) is 0 Å². The highest BCUT2D eigenvalue weighted by Crippen LogP contribution is 2.18. The highest BCUT2D eigenvalue weighted by atomic mass is 19.1. The van der Waals surface area contributed by atoms with Crippen molar-refractivity contribution in [1.29, 1.82) is 0 Å². The fraction of sp³-hybridized carbons (Fsp3) is 0.455. The lowest BCUT2D eigenvalue weighted by Gasteiger charge is -2.24. The highest BCUT2D eigenvalue weighted by molar-refractivity contribution is 5.47. The van der Waals surface area contributed by atoms with Gasteiger partial charge in [0.2, 0.25) is 0 Å². The van der Waals surface area contributed by atoms with Gasteiger partial charge in [-0.15, -0.1) is 0 Å². The molecule has 0 radical (unpaired) electrons. The zero-order valence-electron chi connectivity index (χ0n) is 8.57. The predicted octanol–water partition coefficient (Wildman–Crippen LogP) is 2.03. The summed E-state index contributed by atoms with van der Waals surface area (Å²) in [5.74, 6) is -0.241. The molecule has 0 heterocycles. The Morgan fingerprint density at radius 3 is 2.57 bits per heavy atom. The van der Waals surface area contributed by atoms with Crippen molar-refractivity contribution in [3.8, 4) is 0 Å². The Balaban J connectivity index is 2.83. The zero-order valence-corrected chi connectivity index (χ0v) is 8.57. The number of aliphatic hydroxyl groups is 1. The third-order valence-electron chi connectivity index (χ3n) is 2.06. The summed E-state index contributed by atoms with van der Waals surface area (Å²) in [5.41, 5.74) is 0.552. The third-order valence-corrected chi connectivity index (χ3v) is 2.06. The first-order valence-corrected chi connectivity index (χ1v) is 4.82. The molecule has 78 valence electrons. The van der Waals surface area contributed by atoms with Gasteiger partial charge in [-0.3, -0.25) is 0 Å². The molecular formula is C11H16FNO. The zero-order chi connectivity index (χ0) is 10.6. The topological polar surface area (TPSA) is 23.5 Å². The number of likely N-dealkylation sites (N-methyl/N-ethyl adjacent to an activating group) is 1. The Labute approximate surface area is 84.0 Å². The van der Waals surface area contributed by atoms with E-state index in [0.29, 0.717) is 18.8 Å². The lowest BCUT2D eigenvalue weighted by Crippen LogP contribution is -2.31. The maximum absolute atomic E-state index is 13.4. The molecular weight excluding hydrogens is 181 g/mol. The molecule has 0 aliphatic heterocycles. The first-order chi connectivity index (χ1) is 6.65. The van der Waals surface area contributed by atoms with Gasteiger partial charge in [0.25, 0.3) is 0 Å². The van der Waals surface area contributed by atoms with Gasteiger partial charge in [0.15, 0.2) is 0 Å². The molecule has 1 N–H and O–H groups in total. The summed E-state index contributed by atoms with van der Waals surface area (Å²) in [5, 5.41) is 9.24. The number of rotatable bonds is 4. The average Bonchev–Trinajstić information content (AvgIpc) is 2.15. The monoisotopic (exact) mass is 197 g/mol. The van der Waals surface area contributed by atoms with Gasteiger partial charge in [0.1, 0.15) is 5.82 Å². The second-order valence-electron chi connectivity index (χ2n) is 3.34. The molecule has 0 aliphatic carbocycles. The average molecular weight is 197 g/mol. The normalized spacial score (nSPS) is 12.6. The number of para-hydroxylation sites is 1. The molecule has 1 aromatic carbocycles. The van der Waals surface area contributed by atoms with Crippen molar-refractivity contribution in [3.05, 3.63) is 30.1 Å². The van der Waals surface area contributed by atoms with Crippen molar-refractivity contribution in [2.45, 2.75) is 20.0 Å². The highest BCUT2D eigenvalue weighted by Gasteiger charge is 2.10. The van der Waals surface area contributed by atoms with Crippen LogP contribution in [0, 0.1) is 5.82 Å². The molecule has 14 heavy (non-hydrogen) atoms. The first kappa shape index (κ1) is 11.0. The summed E-state index contributed by atoms with van der Waals surface area (Å²) in [6, 6.07) is 6.61. The molecule has 1 atom stereocenters. The Morgan fingerprint density at radius 1 is 1.43 bits per heavy atom. The molecule has 0 aromatic heterocycles. The van der Waals surface area contributed by atoms with Crippen molar-refractivity contribution in [3.63, 3.8) is 0 Å². The summed E-state index contributed by atoms with van der Waals surface area (Å²) in [6.45, 7) is 4.78. The van der Waals surface area contributed by atoms with Gasteiger partial charge in [-0.2, -0.15) is 0 Å². The van der Waals surface area contributed by atoms with Crippen LogP contribution in [0.15, 0.2) is 24.3 Å². The van der Waals surface area contributed by atoms with E-state index in [0.717, 1.165) is 0 Å². The van der Waals surface area contributed by atoms with Crippen molar-refractivity contribution < 1.29 is 9.50 Å². The Hall–Kier alpha value is -1.09. The minimum absolute atomic E-state index is 0.241. The quantitative estimate of drug-likeness (QED) is 0.798. The third kappa shape index (κ3) is 2.70. The maximum Gasteiger partial charge on any atom is 0.146 e. The number of hydrogen-bond acceptors (Lipinski definition) is 2. The molecule has 0 fully saturated rings. The molecule has 2 nitrogen and oxygen atoms in total. The fourth-order valence-electron chi connectivity index (χ4n) is 1.42. The predicted molar refractivity (Wildman–Crippen MR) is 56.0 cm³/mol. The first-order valence-electron chi connectivity index (χ1n) is 4.82. The van der Waals surface area contributed by atoms with Crippen LogP contribution in [0.3, 0.4) is 0 Å². The van der Waals surface area contributed by atoms with Gasteiger partial charge in [-0.1, -0.05) is 12.1 Å². The number of benzene rings is 1. The standard InChI is InChI=1S/C11H16FNO/c1-3-13(8-9(2)14)11-7-5-4-6-10(11)12/h4-7,9,14H,3,8H2,1-2H3. The number of halogens is 1. The minimum atomic E-state index is -0.449. The molecule has 1 aromatic rings. The minimum Gasteiger partial charge on any atom is -0.392 e. The van der Waals surface area contributed by atoms with Gasteiger partial charge in [-0.05, 0) is 26.0 Å². The molecule has 0 saturated heterocycles. The Bertz CT molecular complexity index is 288. The van der Waals surface area contributed by atoms with E-state index in [9.17, 15) is 9.50 Å². The second-order valence-corrected chi connectivity index (χ2v) is 3.34. The summed E-state index contributed by atoms with van der Waals surface area (Å²) >= 11 is 0. The molecule has 1 rings (SSSR count). The molecule has 0 amide bonds. The molecule has 3 heteroatoms. The summed E-state index contributed by atoms with van der Waals surface area (Å²) in [6.07, 6.45) is -0.449. The van der Waals surface area contributed by atoms with Crippen LogP contribution in [0.4, 0.5) is 10.1 Å². The molecule has 1 unspecified atom stereocenters. The van der Waals surface area contributed by atoms with Gasteiger partial charge >= 0.3 is 0 Å². The van der Waals surface area contributed by atoms with Crippen LogP contribution in [0.5, 0.6) is 0 Å². The van der Waals surface area contributed by atoms with Crippen molar-refractivity contribution in [1.82, 2.24) is 0 Å². The van der Waals surface area contributed by atoms with Crippen LogP contribution in [-0.2, 0) is 0 Å². The fourth-order valence-corrected chi connectivity index (χ4v) is 1.42. The van der Waals surface area contributed by atoms with E-state index in [4.69, 9.17) is 0 Å². The number of anilines is 1. The van der Waals surface area contributed by atoms with Crippen LogP contribution in [-0.4, -0.2) is 24.3 Å². The largest absolute Gasteiger partial charge is 0.392 e. The molecule has 0 aliphatic rings. The van der Waals surface area contributed by atoms with Crippen LogP contribution in [0.1, 0.15) is 13.8 Å². The van der Waals surface area contributed by atoms with Gasteiger partial charge in [0, 0.05) is 13.1 Å². The Kier molecular flexibility index (Phi) is 3.89. The summed E-state index contributed by atoms with van der Waals surface area (Å²) in [7, 11) is 0. The van der Waals surface area contributed by atoms with Gasteiger partial charge in [-0.25, -0.2) is 4.39 Å². The molecule has 0 spiro atoms. The van der Waals surface area contributed by atoms with Gasteiger partial charge in [0.05, 0.1) is 11.8 Å². The van der Waals surface area contributed by atoms with Crippen molar-refractivity contribution >= 4 is 5.69 Å². The van der Waals surface area contributed by atoms with E-state index < -0.39 is 6.10 Å². The summed E-state index contributed by atoms with van der Waals surface area (Å²) < 4.78 is 13.4. The van der Waals surface area contributed by atoms with E-state index in [1.165, 1.54) is 6.07 Å². The van der Waals surface area contributed by atoms with E-state index in [1.54, 1.807) is 25.1 Å². The van der Waals surface area contributed by atoms with Crippen LogP contribution >= 0.6 is 0 Å². The lowest BCUT2D eigenvalue weighted by atomic mass is 10.2. The molecule has 0 bridgehead atoms. The second kappa shape index (κ2) is 4.96. The van der Waals surface area contributed by atoms with Gasteiger partial charge < -0.3 is 10.0 Å². The smallest absolute Gasteiger partial charge is 0.146 e. The maximum atomic E-state index is 13.4. The van der Waals surface area contributed by atoms with Crippen LogP contribution < -0.4 is 4.90 Å². The molecule has 0 saturated carbocycles. The lowest BCUT2D eigenvalue weighted by molar-refractivity contribution is 0.200. The number of aliphatic hydroxyl groups excluding tert-OH is 1. The van der Waals surface area contributed by atoms with E-state index >= 15 is 0 Å². The SMILES string of the molecule is CCN(CC(C)O)c1ccccc1F. The summed E-state index contributed by atoms with van der Waals surface area (Å²) in [4.78, 5) is 1.82. The van der Waals surface area contributed by atoms with Crippen LogP contribution in [0.25, 0.3) is 0 Å². The van der Waals surface area contributed by atoms with E-state index in [-0.39, 0.29) is 5.82 Å². The van der Waals surface area contributed by atoms with Crippen molar-refractivity contribution in [2.75, 3.05) is 18.0 Å². The number of nitrogens with zero attached hydrogens (tertiary/aromatic N) is 1. The van der Waals surface area contributed by atoms with Crippen molar-refractivity contribution in [2.24, 2.45) is 0 Å². The van der Waals surface area contributed by atoms with Crippen LogP contribution in [0.2, 0.25) is 0 Å². The number of hydrogen-bond donors (Lipinski definition) is 1.